The number of hydrogen-bond donors (Lipinski definition) is 1. The Balaban J connectivity index is 1.89. The summed E-state index contributed by atoms with van der Waals surface area (Å²) in [6.07, 6.45) is 2.35. The maximum atomic E-state index is 3.61. The Morgan fingerprint density at radius 3 is 2.50 bits per heavy atom. The van der Waals surface area contributed by atoms with Gasteiger partial charge in [-0.1, -0.05) is 48.5 Å². The SMILES string of the molecule is c1ccc([C@@H]2CCc3ccccc3N2)cc1. The van der Waals surface area contributed by atoms with Crippen LogP contribution in [0.2, 0.25) is 0 Å². The molecule has 0 saturated carbocycles. The van der Waals surface area contributed by atoms with Crippen LogP contribution in [0.25, 0.3) is 0 Å². The van der Waals surface area contributed by atoms with Gasteiger partial charge < -0.3 is 5.32 Å². The van der Waals surface area contributed by atoms with Gasteiger partial charge in [0.05, 0.1) is 6.04 Å². The van der Waals surface area contributed by atoms with E-state index in [0.29, 0.717) is 6.04 Å². The number of benzene rings is 2. The molecular weight excluding hydrogens is 194 g/mol. The van der Waals surface area contributed by atoms with E-state index < -0.39 is 0 Å². The molecule has 2 aromatic carbocycles. The van der Waals surface area contributed by atoms with E-state index in [1.54, 1.807) is 0 Å². The highest BCUT2D eigenvalue weighted by Crippen LogP contribution is 2.31. The van der Waals surface area contributed by atoms with Gasteiger partial charge in [0, 0.05) is 5.69 Å². The summed E-state index contributed by atoms with van der Waals surface area (Å²) in [7, 11) is 0. The number of hydrogen-bond acceptors (Lipinski definition) is 1. The molecule has 1 atom stereocenters. The summed E-state index contributed by atoms with van der Waals surface area (Å²) < 4.78 is 0. The lowest BCUT2D eigenvalue weighted by Crippen LogP contribution is -2.17. The highest BCUT2D eigenvalue weighted by atomic mass is 14.9. The highest BCUT2D eigenvalue weighted by molar-refractivity contribution is 5.54. The second-order valence-electron chi connectivity index (χ2n) is 4.30. The lowest BCUT2D eigenvalue weighted by molar-refractivity contribution is 0.668. The number of fused-ring (bicyclic) bond motifs is 1. The fraction of sp³-hybridized carbons (Fsp3) is 0.200. The quantitative estimate of drug-likeness (QED) is 0.753. The average Bonchev–Trinajstić information content (AvgIpc) is 2.39. The zero-order chi connectivity index (χ0) is 10.8. The monoisotopic (exact) mass is 209 g/mol. The van der Waals surface area contributed by atoms with Crippen LogP contribution in [0.5, 0.6) is 0 Å². The summed E-state index contributed by atoms with van der Waals surface area (Å²) in [5.74, 6) is 0. The van der Waals surface area contributed by atoms with Crippen molar-refractivity contribution in [3.8, 4) is 0 Å². The van der Waals surface area contributed by atoms with E-state index in [-0.39, 0.29) is 0 Å². The van der Waals surface area contributed by atoms with E-state index in [1.807, 2.05) is 0 Å². The normalized spacial score (nSPS) is 18.6. The molecule has 0 amide bonds. The van der Waals surface area contributed by atoms with Crippen molar-refractivity contribution in [2.24, 2.45) is 0 Å². The first-order valence-electron chi connectivity index (χ1n) is 5.83. The molecule has 1 N–H and O–H groups in total. The molecule has 16 heavy (non-hydrogen) atoms. The minimum atomic E-state index is 0.469. The van der Waals surface area contributed by atoms with Gasteiger partial charge in [-0.3, -0.25) is 0 Å². The number of para-hydroxylation sites is 1. The van der Waals surface area contributed by atoms with Crippen LogP contribution >= 0.6 is 0 Å². The molecule has 0 aliphatic carbocycles. The first-order valence-corrected chi connectivity index (χ1v) is 5.83. The average molecular weight is 209 g/mol. The topological polar surface area (TPSA) is 12.0 Å². The molecule has 1 heteroatoms. The number of nitrogens with one attached hydrogen (secondary N) is 1. The van der Waals surface area contributed by atoms with Gasteiger partial charge in [0.2, 0.25) is 0 Å². The van der Waals surface area contributed by atoms with Crippen LogP contribution in [0.3, 0.4) is 0 Å². The Kier molecular flexibility index (Phi) is 2.37. The van der Waals surface area contributed by atoms with Crippen LogP contribution in [0.15, 0.2) is 54.6 Å². The molecule has 2 aromatic rings. The van der Waals surface area contributed by atoms with Crippen molar-refractivity contribution < 1.29 is 0 Å². The van der Waals surface area contributed by atoms with E-state index in [9.17, 15) is 0 Å². The van der Waals surface area contributed by atoms with Crippen molar-refractivity contribution in [3.63, 3.8) is 0 Å². The Bertz CT molecular complexity index is 476. The summed E-state index contributed by atoms with van der Waals surface area (Å²) in [6.45, 7) is 0. The molecule has 0 bridgehead atoms. The third kappa shape index (κ3) is 1.69. The molecule has 0 fully saturated rings. The summed E-state index contributed by atoms with van der Waals surface area (Å²) in [6, 6.07) is 19.7. The van der Waals surface area contributed by atoms with Gasteiger partial charge >= 0.3 is 0 Å². The Morgan fingerprint density at radius 2 is 1.62 bits per heavy atom. The van der Waals surface area contributed by atoms with Gasteiger partial charge in [-0.2, -0.15) is 0 Å². The van der Waals surface area contributed by atoms with Crippen LogP contribution < -0.4 is 5.32 Å². The van der Waals surface area contributed by atoms with Crippen LogP contribution in [-0.2, 0) is 6.42 Å². The smallest absolute Gasteiger partial charge is 0.0517 e. The fourth-order valence-corrected chi connectivity index (χ4v) is 2.37. The Hall–Kier alpha value is -1.76. The maximum Gasteiger partial charge on any atom is 0.0517 e. The molecular formula is C15H15N. The lowest BCUT2D eigenvalue weighted by atomic mass is 9.94. The minimum absolute atomic E-state index is 0.469. The Morgan fingerprint density at radius 1 is 0.875 bits per heavy atom. The predicted molar refractivity (Wildman–Crippen MR) is 67.6 cm³/mol. The zero-order valence-corrected chi connectivity index (χ0v) is 9.19. The summed E-state index contributed by atoms with van der Waals surface area (Å²) >= 11 is 0. The number of rotatable bonds is 1. The molecule has 1 aliphatic rings. The van der Waals surface area contributed by atoms with Crippen molar-refractivity contribution in [1.29, 1.82) is 0 Å². The summed E-state index contributed by atoms with van der Waals surface area (Å²) in [5, 5.41) is 3.61. The van der Waals surface area contributed by atoms with Gasteiger partial charge in [0.1, 0.15) is 0 Å². The molecule has 0 unspecified atom stereocenters. The highest BCUT2D eigenvalue weighted by Gasteiger charge is 2.17. The van der Waals surface area contributed by atoms with E-state index >= 15 is 0 Å². The van der Waals surface area contributed by atoms with Crippen LogP contribution in [-0.4, -0.2) is 0 Å². The second kappa shape index (κ2) is 4.01. The molecule has 1 nitrogen and oxygen atoms in total. The third-order valence-electron chi connectivity index (χ3n) is 3.25. The van der Waals surface area contributed by atoms with Gasteiger partial charge in [0.25, 0.3) is 0 Å². The van der Waals surface area contributed by atoms with E-state index in [2.05, 4.69) is 59.9 Å². The molecule has 0 saturated heterocycles. The zero-order valence-electron chi connectivity index (χ0n) is 9.19. The van der Waals surface area contributed by atoms with E-state index in [4.69, 9.17) is 0 Å². The van der Waals surface area contributed by atoms with Gasteiger partial charge in [0.15, 0.2) is 0 Å². The predicted octanol–water partition coefficient (Wildman–Crippen LogP) is 3.79. The van der Waals surface area contributed by atoms with E-state index in [0.717, 1.165) is 0 Å². The largest absolute Gasteiger partial charge is 0.378 e. The number of aryl methyl sites for hydroxylation is 1. The molecule has 1 aliphatic heterocycles. The number of anilines is 1. The first kappa shape index (κ1) is 9.46. The van der Waals surface area contributed by atoms with Crippen LogP contribution in [0.1, 0.15) is 23.6 Å². The van der Waals surface area contributed by atoms with Crippen LogP contribution in [0, 0.1) is 0 Å². The van der Waals surface area contributed by atoms with Crippen LogP contribution in [0.4, 0.5) is 5.69 Å². The standard InChI is InChI=1S/C15H15N/c1-2-6-12(7-3-1)15-11-10-13-8-4-5-9-14(13)16-15/h1-9,15-16H,10-11H2/t15-/m0/s1. The van der Waals surface area contributed by atoms with E-state index in [1.165, 1.54) is 29.7 Å². The second-order valence-corrected chi connectivity index (χ2v) is 4.30. The van der Waals surface area contributed by atoms with Crippen molar-refractivity contribution in [2.75, 3.05) is 5.32 Å². The van der Waals surface area contributed by atoms with Gasteiger partial charge in [-0.05, 0) is 30.0 Å². The summed E-state index contributed by atoms with van der Waals surface area (Å²) in [5.41, 5.74) is 4.12. The maximum absolute atomic E-state index is 3.61. The van der Waals surface area contributed by atoms with Crippen molar-refractivity contribution in [3.05, 3.63) is 65.7 Å². The Labute approximate surface area is 96.1 Å². The van der Waals surface area contributed by atoms with Crippen molar-refractivity contribution >= 4 is 5.69 Å². The molecule has 0 radical (unpaired) electrons. The molecule has 3 rings (SSSR count). The summed E-state index contributed by atoms with van der Waals surface area (Å²) in [4.78, 5) is 0. The van der Waals surface area contributed by atoms with Gasteiger partial charge in [-0.25, -0.2) is 0 Å². The van der Waals surface area contributed by atoms with Gasteiger partial charge in [-0.15, -0.1) is 0 Å². The first-order chi connectivity index (χ1) is 7.93. The molecule has 0 aromatic heterocycles. The molecule has 0 spiro atoms. The van der Waals surface area contributed by atoms with Crippen molar-refractivity contribution in [1.82, 2.24) is 0 Å². The minimum Gasteiger partial charge on any atom is -0.378 e. The fourth-order valence-electron chi connectivity index (χ4n) is 2.37. The molecule has 80 valence electrons. The lowest BCUT2D eigenvalue weighted by Gasteiger charge is -2.27. The third-order valence-corrected chi connectivity index (χ3v) is 3.25. The van der Waals surface area contributed by atoms with Crippen molar-refractivity contribution in [2.45, 2.75) is 18.9 Å². The molecule has 1 heterocycles.